The predicted molar refractivity (Wildman–Crippen MR) is 124 cm³/mol. The molecule has 2 aromatic heterocycles. The van der Waals surface area contributed by atoms with E-state index in [2.05, 4.69) is 15.3 Å². The number of hydrogen-bond donors (Lipinski definition) is 0. The van der Waals surface area contributed by atoms with E-state index in [4.69, 9.17) is 11.6 Å². The van der Waals surface area contributed by atoms with Crippen LogP contribution in [0.4, 0.5) is 0 Å². The average molecular weight is 440 g/mol. The number of halogens is 1. The number of carbonyl (C=O) groups is 1. The molecule has 5 aromatic rings. The summed E-state index contributed by atoms with van der Waals surface area (Å²) >= 11 is 6.00. The summed E-state index contributed by atoms with van der Waals surface area (Å²) in [5.41, 5.74) is 4.78. The fourth-order valence-corrected chi connectivity index (χ4v) is 3.50. The minimum Gasteiger partial charge on any atom is -0.287 e. The third-order valence-electron chi connectivity index (χ3n) is 5.09. The number of rotatable bonds is 5. The van der Waals surface area contributed by atoms with Crippen LogP contribution >= 0.6 is 11.6 Å². The van der Waals surface area contributed by atoms with E-state index >= 15 is 0 Å². The van der Waals surface area contributed by atoms with Crippen LogP contribution in [0.3, 0.4) is 0 Å². The van der Waals surface area contributed by atoms with Crippen LogP contribution in [0.2, 0.25) is 5.02 Å². The lowest BCUT2D eigenvalue weighted by Gasteiger charge is -2.02. The van der Waals surface area contributed by atoms with Crippen molar-refractivity contribution in [3.05, 3.63) is 113 Å². The number of hydrogen-bond acceptors (Lipinski definition) is 4. The molecule has 0 aliphatic carbocycles. The van der Waals surface area contributed by atoms with Crippen LogP contribution in [-0.2, 0) is 0 Å². The van der Waals surface area contributed by atoms with Crippen molar-refractivity contribution in [1.29, 1.82) is 0 Å². The van der Waals surface area contributed by atoms with E-state index in [9.17, 15) is 4.79 Å². The molecule has 3 aromatic carbocycles. The summed E-state index contributed by atoms with van der Waals surface area (Å²) < 4.78 is 1.69. The van der Waals surface area contributed by atoms with Crippen LogP contribution < -0.4 is 0 Å². The topological polar surface area (TPSA) is 65.6 Å². The minimum atomic E-state index is -0.211. The lowest BCUT2D eigenvalue weighted by molar-refractivity contribution is 0.103. The van der Waals surface area contributed by atoms with Gasteiger partial charge in [-0.05, 0) is 55.5 Å². The average Bonchev–Trinajstić information content (AvgIpc) is 3.48. The third kappa shape index (κ3) is 3.84. The van der Waals surface area contributed by atoms with Crippen LogP contribution in [0.1, 0.15) is 21.6 Å². The molecule has 0 fully saturated rings. The number of aromatic nitrogens is 5. The number of nitrogens with zero attached hydrogens (tertiary/aromatic N) is 5. The largest absolute Gasteiger partial charge is 0.287 e. The van der Waals surface area contributed by atoms with Crippen molar-refractivity contribution in [1.82, 2.24) is 24.8 Å². The second-order valence-corrected chi connectivity index (χ2v) is 7.80. The van der Waals surface area contributed by atoms with Crippen LogP contribution in [-0.4, -0.2) is 30.6 Å². The Balaban J connectivity index is 1.62. The molecular formula is C25H18ClN5O. The number of ketones is 1. The summed E-state index contributed by atoms with van der Waals surface area (Å²) in [5, 5.41) is 14.2. The molecular weight excluding hydrogens is 422 g/mol. The Morgan fingerprint density at radius 2 is 1.56 bits per heavy atom. The Morgan fingerprint density at radius 3 is 2.28 bits per heavy atom. The minimum absolute atomic E-state index is 0.211. The highest BCUT2D eigenvalue weighted by Crippen LogP contribution is 2.26. The smallest absolute Gasteiger partial charge is 0.213 e. The summed E-state index contributed by atoms with van der Waals surface area (Å²) in [6, 6.07) is 24.3. The van der Waals surface area contributed by atoms with E-state index in [0.29, 0.717) is 27.5 Å². The van der Waals surface area contributed by atoms with E-state index in [1.165, 1.54) is 4.80 Å². The summed E-state index contributed by atoms with van der Waals surface area (Å²) in [6.45, 7) is 2.02. The molecule has 0 unspecified atom stereocenters. The van der Waals surface area contributed by atoms with Crippen molar-refractivity contribution >= 4 is 17.4 Å². The lowest BCUT2D eigenvalue weighted by Crippen LogP contribution is -2.05. The van der Waals surface area contributed by atoms with Gasteiger partial charge in [-0.15, -0.1) is 5.10 Å². The number of para-hydroxylation sites is 1. The zero-order valence-corrected chi connectivity index (χ0v) is 17.9. The van der Waals surface area contributed by atoms with Gasteiger partial charge in [0.05, 0.1) is 23.1 Å². The molecule has 156 valence electrons. The monoisotopic (exact) mass is 439 g/mol. The molecule has 0 aliphatic rings. The van der Waals surface area contributed by atoms with Gasteiger partial charge in [0.2, 0.25) is 5.78 Å². The van der Waals surface area contributed by atoms with Gasteiger partial charge in [0, 0.05) is 16.8 Å². The predicted octanol–water partition coefficient (Wildman–Crippen LogP) is 5.31. The van der Waals surface area contributed by atoms with Crippen molar-refractivity contribution in [3.63, 3.8) is 0 Å². The van der Waals surface area contributed by atoms with Crippen molar-refractivity contribution < 1.29 is 4.79 Å². The molecule has 0 saturated heterocycles. The molecule has 0 amide bonds. The quantitative estimate of drug-likeness (QED) is 0.348. The van der Waals surface area contributed by atoms with Gasteiger partial charge in [-0.1, -0.05) is 47.5 Å². The van der Waals surface area contributed by atoms with Gasteiger partial charge in [-0.2, -0.15) is 15.0 Å². The molecule has 0 radical (unpaired) electrons. The van der Waals surface area contributed by atoms with Crippen molar-refractivity contribution in [3.8, 4) is 22.6 Å². The van der Waals surface area contributed by atoms with Gasteiger partial charge in [-0.25, -0.2) is 4.68 Å². The number of benzene rings is 3. The third-order valence-corrected chi connectivity index (χ3v) is 5.34. The van der Waals surface area contributed by atoms with E-state index in [1.54, 1.807) is 35.1 Å². The molecule has 0 atom stereocenters. The summed E-state index contributed by atoms with van der Waals surface area (Å²) in [6.07, 6.45) is 3.45. The van der Waals surface area contributed by atoms with E-state index in [0.717, 1.165) is 16.9 Å². The van der Waals surface area contributed by atoms with E-state index < -0.39 is 0 Å². The second-order valence-electron chi connectivity index (χ2n) is 7.36. The van der Waals surface area contributed by atoms with Crippen LogP contribution in [0.5, 0.6) is 0 Å². The van der Waals surface area contributed by atoms with Gasteiger partial charge in [-0.3, -0.25) is 4.79 Å². The molecule has 0 saturated carbocycles. The van der Waals surface area contributed by atoms with E-state index in [-0.39, 0.29) is 5.78 Å². The van der Waals surface area contributed by atoms with Crippen LogP contribution in [0, 0.1) is 6.92 Å². The zero-order valence-electron chi connectivity index (χ0n) is 17.2. The first-order chi connectivity index (χ1) is 15.6. The Morgan fingerprint density at radius 1 is 0.844 bits per heavy atom. The first-order valence-electron chi connectivity index (χ1n) is 10.0. The van der Waals surface area contributed by atoms with E-state index in [1.807, 2.05) is 67.7 Å². The highest BCUT2D eigenvalue weighted by molar-refractivity contribution is 6.30. The maximum Gasteiger partial charge on any atom is 0.213 e. The number of aryl methyl sites for hydroxylation is 1. The Kier molecular flexibility index (Phi) is 5.13. The molecule has 6 nitrogen and oxygen atoms in total. The van der Waals surface area contributed by atoms with Gasteiger partial charge in [0.15, 0.2) is 0 Å². The van der Waals surface area contributed by atoms with Crippen LogP contribution in [0.15, 0.2) is 91.3 Å². The van der Waals surface area contributed by atoms with Crippen molar-refractivity contribution in [2.75, 3.05) is 0 Å². The molecule has 0 bridgehead atoms. The SMILES string of the molecule is Cc1ccc(-n2cc(-c3cnn(-c4ccccc4)n3)c(C(=O)c3ccc(Cl)cc3)n2)cc1. The molecule has 0 spiro atoms. The zero-order chi connectivity index (χ0) is 22.1. The molecule has 5 rings (SSSR count). The van der Waals surface area contributed by atoms with Crippen LogP contribution in [0.25, 0.3) is 22.6 Å². The van der Waals surface area contributed by atoms with Gasteiger partial charge < -0.3 is 0 Å². The van der Waals surface area contributed by atoms with Gasteiger partial charge in [0.25, 0.3) is 0 Å². The normalized spacial score (nSPS) is 10.9. The summed E-state index contributed by atoms with van der Waals surface area (Å²) in [7, 11) is 0. The van der Waals surface area contributed by atoms with Gasteiger partial charge >= 0.3 is 0 Å². The first-order valence-corrected chi connectivity index (χ1v) is 10.4. The Labute approximate surface area is 189 Å². The molecule has 7 heteroatoms. The number of carbonyl (C=O) groups excluding carboxylic acids is 1. The van der Waals surface area contributed by atoms with Crippen molar-refractivity contribution in [2.24, 2.45) is 0 Å². The highest BCUT2D eigenvalue weighted by atomic mass is 35.5. The second kappa shape index (κ2) is 8.24. The Hall–Kier alpha value is -4.03. The maximum absolute atomic E-state index is 13.4. The maximum atomic E-state index is 13.4. The lowest BCUT2D eigenvalue weighted by atomic mass is 10.0. The summed E-state index contributed by atoms with van der Waals surface area (Å²) in [4.78, 5) is 14.9. The fraction of sp³-hybridized carbons (Fsp3) is 0.0400. The molecule has 0 N–H and O–H groups in total. The first kappa shape index (κ1) is 19.9. The molecule has 2 heterocycles. The molecule has 0 aliphatic heterocycles. The van der Waals surface area contributed by atoms with Crippen molar-refractivity contribution in [2.45, 2.75) is 6.92 Å². The summed E-state index contributed by atoms with van der Waals surface area (Å²) in [5.74, 6) is -0.211. The van der Waals surface area contributed by atoms with Gasteiger partial charge in [0.1, 0.15) is 11.4 Å². The Bertz CT molecular complexity index is 1390. The fourth-order valence-electron chi connectivity index (χ4n) is 3.37. The standard InChI is InChI=1S/C25H18ClN5O/c1-17-7-13-20(14-8-17)30-16-22(23-15-27-31(28-23)21-5-3-2-4-6-21)24(29-30)25(32)18-9-11-19(26)12-10-18/h2-16H,1H3. The molecule has 32 heavy (non-hydrogen) atoms. The highest BCUT2D eigenvalue weighted by Gasteiger charge is 2.22.